The van der Waals surface area contributed by atoms with Crippen molar-refractivity contribution >= 4 is 18.0 Å². The molecule has 0 unspecified atom stereocenters. The van der Waals surface area contributed by atoms with Crippen LogP contribution < -0.4 is 5.32 Å². The molecule has 2 rings (SSSR count). The van der Waals surface area contributed by atoms with E-state index in [-0.39, 0.29) is 44.2 Å². The van der Waals surface area contributed by atoms with Gasteiger partial charge in [0, 0.05) is 39.3 Å². The summed E-state index contributed by atoms with van der Waals surface area (Å²) in [4.78, 5) is 39.7. The Morgan fingerprint density at radius 2 is 1.73 bits per heavy atom. The number of nitrogens with one attached hydrogen (secondary N) is 1. The molecule has 0 aromatic heterocycles. The van der Waals surface area contributed by atoms with E-state index in [1.807, 2.05) is 51.1 Å². The molecule has 0 saturated carbocycles. The zero-order valence-electron chi connectivity index (χ0n) is 24.5. The highest BCUT2D eigenvalue weighted by Gasteiger charge is 2.24. The number of nitrogens with zero attached hydrogens (tertiary/aromatic N) is 2. The van der Waals surface area contributed by atoms with Crippen molar-refractivity contribution in [3.8, 4) is 0 Å². The maximum Gasteiger partial charge on any atom is 0.410 e. The molecule has 0 spiro atoms. The lowest BCUT2D eigenvalue weighted by atomic mass is 10.1. The number of amides is 1. The van der Waals surface area contributed by atoms with Gasteiger partial charge >= 0.3 is 18.0 Å². The van der Waals surface area contributed by atoms with Gasteiger partial charge in [-0.05, 0) is 39.2 Å². The standard InChI is InChI=1S/C29H47N3O8/c1-29(2,3)40-28(35)32(16-12-26(33)36-4)18-21-38-25-10-14-31(15-11-25)17-20-37-19-13-30-22-27(34)39-23-24-8-6-5-7-9-24/h5-9,25,30H,10-23H2,1-4H3. The van der Waals surface area contributed by atoms with E-state index in [0.29, 0.717) is 32.9 Å². The zero-order chi connectivity index (χ0) is 29.2. The Bertz CT molecular complexity index is 870. The van der Waals surface area contributed by atoms with Crippen LogP contribution in [0, 0.1) is 0 Å². The fourth-order valence-electron chi connectivity index (χ4n) is 4.00. The van der Waals surface area contributed by atoms with Crippen LogP contribution in [0.15, 0.2) is 30.3 Å². The minimum Gasteiger partial charge on any atom is -0.469 e. The zero-order valence-corrected chi connectivity index (χ0v) is 24.5. The first-order valence-corrected chi connectivity index (χ1v) is 14.0. The van der Waals surface area contributed by atoms with Gasteiger partial charge in [-0.3, -0.25) is 9.59 Å². The third-order valence-corrected chi connectivity index (χ3v) is 6.20. The van der Waals surface area contributed by atoms with Gasteiger partial charge in [-0.2, -0.15) is 0 Å². The minimum absolute atomic E-state index is 0.105. The average molecular weight is 566 g/mol. The van der Waals surface area contributed by atoms with Gasteiger partial charge in [0.1, 0.15) is 12.2 Å². The van der Waals surface area contributed by atoms with E-state index < -0.39 is 11.7 Å². The normalized spacial score (nSPS) is 14.5. The molecule has 1 aliphatic heterocycles. The lowest BCUT2D eigenvalue weighted by Gasteiger charge is -2.32. The highest BCUT2D eigenvalue weighted by atomic mass is 16.6. The lowest BCUT2D eigenvalue weighted by Crippen LogP contribution is -2.42. The van der Waals surface area contributed by atoms with Gasteiger partial charge < -0.3 is 38.8 Å². The molecule has 1 saturated heterocycles. The smallest absolute Gasteiger partial charge is 0.410 e. The molecule has 226 valence electrons. The van der Waals surface area contributed by atoms with Crippen LogP contribution in [0.1, 0.15) is 45.6 Å². The molecule has 1 heterocycles. The van der Waals surface area contributed by atoms with Gasteiger partial charge in [0.15, 0.2) is 0 Å². The van der Waals surface area contributed by atoms with E-state index >= 15 is 0 Å². The van der Waals surface area contributed by atoms with E-state index in [2.05, 4.69) is 10.2 Å². The second-order valence-corrected chi connectivity index (χ2v) is 10.6. The Morgan fingerprint density at radius 3 is 2.40 bits per heavy atom. The van der Waals surface area contributed by atoms with Gasteiger partial charge in [0.2, 0.25) is 0 Å². The summed E-state index contributed by atoms with van der Waals surface area (Å²) in [6.45, 7) is 11.2. The van der Waals surface area contributed by atoms with Crippen LogP contribution >= 0.6 is 0 Å². The Hall–Kier alpha value is -2.73. The number of benzene rings is 1. The molecule has 0 atom stereocenters. The molecule has 0 aliphatic carbocycles. The van der Waals surface area contributed by atoms with Crippen LogP contribution in [0.2, 0.25) is 0 Å². The molecule has 1 aromatic carbocycles. The summed E-state index contributed by atoms with van der Waals surface area (Å²) >= 11 is 0. The molecular formula is C29H47N3O8. The van der Waals surface area contributed by atoms with Gasteiger partial charge in [-0.25, -0.2) is 4.79 Å². The van der Waals surface area contributed by atoms with Crippen molar-refractivity contribution in [1.29, 1.82) is 0 Å². The van der Waals surface area contributed by atoms with Gasteiger partial charge in [0.25, 0.3) is 0 Å². The fraction of sp³-hybridized carbons (Fsp3) is 0.690. The van der Waals surface area contributed by atoms with Crippen LogP contribution in [0.25, 0.3) is 0 Å². The largest absolute Gasteiger partial charge is 0.469 e. The van der Waals surface area contributed by atoms with Crippen molar-refractivity contribution in [3.05, 3.63) is 35.9 Å². The van der Waals surface area contributed by atoms with Crippen LogP contribution in [0.4, 0.5) is 4.79 Å². The quantitative estimate of drug-likeness (QED) is 0.172. The van der Waals surface area contributed by atoms with Crippen molar-refractivity contribution in [2.75, 3.05) is 72.7 Å². The Labute approximate surface area is 238 Å². The molecule has 1 fully saturated rings. The molecule has 0 bridgehead atoms. The van der Waals surface area contributed by atoms with Crippen LogP contribution in [-0.2, 0) is 39.9 Å². The number of hydrogen-bond donors (Lipinski definition) is 1. The molecule has 11 nitrogen and oxygen atoms in total. The van der Waals surface area contributed by atoms with Crippen molar-refractivity contribution in [1.82, 2.24) is 15.1 Å². The third-order valence-electron chi connectivity index (χ3n) is 6.20. The number of ether oxygens (including phenoxy) is 5. The van der Waals surface area contributed by atoms with Crippen molar-refractivity contribution in [2.45, 2.75) is 58.3 Å². The molecular weight excluding hydrogens is 518 g/mol. The maximum atomic E-state index is 12.5. The number of rotatable bonds is 17. The Morgan fingerprint density at radius 1 is 1.00 bits per heavy atom. The predicted octanol–water partition coefficient (Wildman–Crippen LogP) is 2.62. The molecule has 0 radical (unpaired) electrons. The van der Waals surface area contributed by atoms with Gasteiger partial charge in [-0.15, -0.1) is 0 Å². The predicted molar refractivity (Wildman–Crippen MR) is 150 cm³/mol. The van der Waals surface area contributed by atoms with E-state index in [4.69, 9.17) is 23.7 Å². The van der Waals surface area contributed by atoms with Gasteiger partial charge in [-0.1, -0.05) is 30.3 Å². The van der Waals surface area contributed by atoms with Crippen molar-refractivity contribution in [2.24, 2.45) is 0 Å². The summed E-state index contributed by atoms with van der Waals surface area (Å²) in [6, 6.07) is 9.59. The van der Waals surface area contributed by atoms with Crippen molar-refractivity contribution < 1.29 is 38.1 Å². The van der Waals surface area contributed by atoms with E-state index in [9.17, 15) is 14.4 Å². The van der Waals surface area contributed by atoms with Gasteiger partial charge in [0.05, 0.1) is 46.0 Å². The Kier molecular flexibility index (Phi) is 15.6. The summed E-state index contributed by atoms with van der Waals surface area (Å²) < 4.78 is 27.1. The summed E-state index contributed by atoms with van der Waals surface area (Å²) in [5.41, 5.74) is 0.345. The van der Waals surface area contributed by atoms with E-state index in [1.54, 1.807) is 0 Å². The fourth-order valence-corrected chi connectivity index (χ4v) is 4.00. The summed E-state index contributed by atoms with van der Waals surface area (Å²) in [7, 11) is 1.33. The first-order valence-electron chi connectivity index (χ1n) is 14.0. The SMILES string of the molecule is COC(=O)CCN(CCOC1CCN(CCOCCNCC(=O)OCc2ccccc2)CC1)C(=O)OC(C)(C)C. The van der Waals surface area contributed by atoms with Crippen LogP contribution in [-0.4, -0.2) is 112 Å². The molecule has 40 heavy (non-hydrogen) atoms. The Balaban J connectivity index is 1.51. The summed E-state index contributed by atoms with van der Waals surface area (Å²) in [5.74, 6) is -0.658. The molecule has 1 amide bonds. The average Bonchev–Trinajstić information content (AvgIpc) is 2.93. The van der Waals surface area contributed by atoms with Crippen molar-refractivity contribution in [3.63, 3.8) is 0 Å². The van der Waals surface area contributed by atoms with E-state index in [1.165, 1.54) is 12.0 Å². The molecule has 1 aliphatic rings. The number of carbonyl (C=O) groups is 3. The number of carbonyl (C=O) groups excluding carboxylic acids is 3. The molecule has 1 N–H and O–H groups in total. The second kappa shape index (κ2) is 18.6. The highest BCUT2D eigenvalue weighted by molar-refractivity contribution is 5.72. The maximum absolute atomic E-state index is 12.5. The monoisotopic (exact) mass is 565 g/mol. The number of methoxy groups -OCH3 is 1. The first kappa shape index (κ1) is 33.5. The minimum atomic E-state index is -0.620. The summed E-state index contributed by atoms with van der Waals surface area (Å²) in [6.07, 6.45) is 1.58. The number of piperidine rings is 1. The molecule has 1 aromatic rings. The van der Waals surface area contributed by atoms with Crippen LogP contribution in [0.3, 0.4) is 0 Å². The number of hydrogen-bond acceptors (Lipinski definition) is 10. The topological polar surface area (TPSA) is 116 Å². The second-order valence-electron chi connectivity index (χ2n) is 10.6. The van der Waals surface area contributed by atoms with Crippen LogP contribution in [0.5, 0.6) is 0 Å². The number of likely N-dealkylation sites (tertiary alicyclic amines) is 1. The first-order chi connectivity index (χ1) is 19.2. The lowest BCUT2D eigenvalue weighted by molar-refractivity contribution is -0.144. The van der Waals surface area contributed by atoms with E-state index in [0.717, 1.165) is 38.0 Å². The third kappa shape index (κ3) is 15.2. The number of esters is 2. The summed E-state index contributed by atoms with van der Waals surface area (Å²) in [5, 5.41) is 3.04. The molecule has 11 heteroatoms. The highest BCUT2D eigenvalue weighted by Crippen LogP contribution is 2.14.